The average Bonchev–Trinajstić information content (AvgIpc) is 1.41. The van der Waals surface area contributed by atoms with Crippen molar-refractivity contribution in [2.45, 2.75) is 13.3 Å². The Labute approximate surface area is 45.7 Å². The Hall–Kier alpha value is -0.120. The van der Waals surface area contributed by atoms with Crippen LogP contribution in [0.5, 0.6) is 0 Å². The lowest BCUT2D eigenvalue weighted by Crippen LogP contribution is -2.04. The molecule has 0 aromatic heterocycles. The van der Waals surface area contributed by atoms with Gasteiger partial charge in [-0.05, 0) is 20.0 Å². The Bertz CT molecular complexity index is 14.4. The third-order valence-corrected chi connectivity index (χ3v) is 0.500. The van der Waals surface area contributed by atoms with Gasteiger partial charge in [0.2, 0.25) is 0 Å². The second-order valence-electron chi connectivity index (χ2n) is 1.10. The Kier molecular flexibility index (Phi) is 38.1. The molecule has 0 saturated carbocycles. The number of nitrogens with one attached hydrogen (secondary N) is 1. The lowest BCUT2D eigenvalue weighted by Gasteiger charge is -1.84. The summed E-state index contributed by atoms with van der Waals surface area (Å²) >= 11 is 0. The Morgan fingerprint density at radius 2 is 1.71 bits per heavy atom. The van der Waals surface area contributed by atoms with Crippen molar-refractivity contribution < 1.29 is 0 Å². The zero-order valence-electron chi connectivity index (χ0n) is 5.33. The molecule has 0 radical (unpaired) electrons. The Morgan fingerprint density at radius 3 is 1.71 bits per heavy atom. The summed E-state index contributed by atoms with van der Waals surface area (Å²) in [5.74, 6) is 0. The highest BCUT2D eigenvalue weighted by molar-refractivity contribution is 4.28. The first-order valence-corrected chi connectivity index (χ1v) is 2.06. The SMILES string of the molecule is CCCNC.N.N. The predicted octanol–water partition coefficient (Wildman–Crippen LogP) is 0.940. The van der Waals surface area contributed by atoms with Gasteiger partial charge in [0.05, 0.1) is 0 Å². The van der Waals surface area contributed by atoms with Crippen molar-refractivity contribution in [3.8, 4) is 0 Å². The fourth-order valence-corrected chi connectivity index (χ4v) is 0.250. The molecule has 0 atom stereocenters. The molecule has 0 unspecified atom stereocenters. The van der Waals surface area contributed by atoms with E-state index in [0.717, 1.165) is 6.54 Å². The number of hydrogen-bond acceptors (Lipinski definition) is 3. The van der Waals surface area contributed by atoms with Gasteiger partial charge in [0.15, 0.2) is 0 Å². The van der Waals surface area contributed by atoms with Crippen molar-refractivity contribution in [3.05, 3.63) is 0 Å². The minimum atomic E-state index is 0. The van der Waals surface area contributed by atoms with Gasteiger partial charge in [0.1, 0.15) is 0 Å². The van der Waals surface area contributed by atoms with Gasteiger partial charge in [-0.3, -0.25) is 0 Å². The zero-order valence-corrected chi connectivity index (χ0v) is 5.33. The van der Waals surface area contributed by atoms with Crippen molar-refractivity contribution in [2.75, 3.05) is 13.6 Å². The standard InChI is InChI=1S/C4H11N.2H3N/c1-3-4-5-2;;/h5H,3-4H2,1-2H3;2*1H3. The molecule has 0 heterocycles. The van der Waals surface area contributed by atoms with Crippen molar-refractivity contribution >= 4 is 0 Å². The van der Waals surface area contributed by atoms with E-state index in [0.29, 0.717) is 0 Å². The van der Waals surface area contributed by atoms with Crippen LogP contribution in [0.4, 0.5) is 0 Å². The van der Waals surface area contributed by atoms with E-state index < -0.39 is 0 Å². The lowest BCUT2D eigenvalue weighted by atomic mass is 10.5. The molecule has 0 aromatic carbocycles. The summed E-state index contributed by atoms with van der Waals surface area (Å²) in [6.45, 7) is 3.29. The Balaban J connectivity index is -0.0000000800. The van der Waals surface area contributed by atoms with Crippen LogP contribution in [-0.4, -0.2) is 13.6 Å². The van der Waals surface area contributed by atoms with Crippen molar-refractivity contribution in [1.82, 2.24) is 17.6 Å². The van der Waals surface area contributed by atoms with Crippen molar-refractivity contribution in [3.63, 3.8) is 0 Å². The molecule has 3 nitrogen and oxygen atoms in total. The Morgan fingerprint density at radius 1 is 1.29 bits per heavy atom. The van der Waals surface area contributed by atoms with E-state index >= 15 is 0 Å². The first kappa shape index (κ1) is 15.8. The van der Waals surface area contributed by atoms with Gasteiger partial charge in [-0.25, -0.2) is 0 Å². The molecule has 7 heavy (non-hydrogen) atoms. The first-order valence-electron chi connectivity index (χ1n) is 2.06. The number of hydrogen-bond donors (Lipinski definition) is 3. The van der Waals surface area contributed by atoms with Crippen LogP contribution in [0.2, 0.25) is 0 Å². The van der Waals surface area contributed by atoms with E-state index in [4.69, 9.17) is 0 Å². The molecule has 0 aromatic rings. The molecule has 0 spiro atoms. The monoisotopic (exact) mass is 107 g/mol. The normalized spacial score (nSPS) is 6.00. The van der Waals surface area contributed by atoms with Gasteiger partial charge in [-0.2, -0.15) is 0 Å². The molecule has 0 bridgehead atoms. The van der Waals surface area contributed by atoms with Crippen molar-refractivity contribution in [2.24, 2.45) is 0 Å². The second-order valence-corrected chi connectivity index (χ2v) is 1.10. The molecular formula is C4H17N3. The molecule has 7 N–H and O–H groups in total. The minimum Gasteiger partial charge on any atom is -0.344 e. The third kappa shape index (κ3) is 25.0. The maximum absolute atomic E-state index is 3.02. The molecule has 0 saturated heterocycles. The second kappa shape index (κ2) is 16.9. The van der Waals surface area contributed by atoms with Crippen LogP contribution in [0.1, 0.15) is 13.3 Å². The van der Waals surface area contributed by atoms with Gasteiger partial charge >= 0.3 is 0 Å². The first-order chi connectivity index (χ1) is 2.41. The molecule has 0 aliphatic carbocycles. The molecule has 48 valence electrons. The molecule has 0 rings (SSSR count). The van der Waals surface area contributed by atoms with Crippen LogP contribution in [0, 0.1) is 0 Å². The highest BCUT2D eigenvalue weighted by Crippen LogP contribution is 1.62. The van der Waals surface area contributed by atoms with Gasteiger partial charge in [0.25, 0.3) is 0 Å². The summed E-state index contributed by atoms with van der Waals surface area (Å²) in [5.41, 5.74) is 0. The fourth-order valence-electron chi connectivity index (χ4n) is 0.250. The minimum absolute atomic E-state index is 0. The highest BCUT2D eigenvalue weighted by Gasteiger charge is 1.64. The summed E-state index contributed by atoms with van der Waals surface area (Å²) < 4.78 is 0. The molecule has 0 amide bonds. The van der Waals surface area contributed by atoms with Crippen LogP contribution in [0.15, 0.2) is 0 Å². The van der Waals surface area contributed by atoms with Crippen LogP contribution >= 0.6 is 0 Å². The maximum atomic E-state index is 3.02. The number of rotatable bonds is 2. The quantitative estimate of drug-likeness (QED) is 0.491. The molecular weight excluding hydrogens is 90.1 g/mol. The molecule has 0 aliphatic rings. The van der Waals surface area contributed by atoms with Crippen LogP contribution in [0.25, 0.3) is 0 Å². The van der Waals surface area contributed by atoms with E-state index in [1.807, 2.05) is 7.05 Å². The smallest absolute Gasteiger partial charge is 0.00546 e. The summed E-state index contributed by atoms with van der Waals surface area (Å²) in [7, 11) is 1.96. The van der Waals surface area contributed by atoms with E-state index in [1.54, 1.807) is 0 Å². The summed E-state index contributed by atoms with van der Waals surface area (Å²) in [4.78, 5) is 0. The van der Waals surface area contributed by atoms with E-state index in [2.05, 4.69) is 12.2 Å². The highest BCUT2D eigenvalue weighted by atomic mass is 14.8. The van der Waals surface area contributed by atoms with Gasteiger partial charge in [0, 0.05) is 0 Å². The predicted molar refractivity (Wildman–Crippen MR) is 34.3 cm³/mol. The average molecular weight is 107 g/mol. The van der Waals surface area contributed by atoms with Gasteiger partial charge < -0.3 is 17.6 Å². The van der Waals surface area contributed by atoms with Crippen LogP contribution < -0.4 is 17.6 Å². The van der Waals surface area contributed by atoms with Crippen LogP contribution in [0.3, 0.4) is 0 Å². The van der Waals surface area contributed by atoms with E-state index in [-0.39, 0.29) is 12.3 Å². The molecule has 0 aliphatic heterocycles. The topological polar surface area (TPSA) is 82.0 Å². The summed E-state index contributed by atoms with van der Waals surface area (Å²) in [6.07, 6.45) is 1.23. The zero-order chi connectivity index (χ0) is 4.12. The summed E-state index contributed by atoms with van der Waals surface area (Å²) in [5, 5.41) is 3.02. The maximum Gasteiger partial charge on any atom is -0.00546 e. The van der Waals surface area contributed by atoms with Gasteiger partial charge in [-0.15, -0.1) is 0 Å². The third-order valence-electron chi connectivity index (χ3n) is 0.500. The fraction of sp³-hybridized carbons (Fsp3) is 1.00. The van der Waals surface area contributed by atoms with E-state index in [1.165, 1.54) is 6.42 Å². The van der Waals surface area contributed by atoms with Gasteiger partial charge in [-0.1, -0.05) is 6.92 Å². The van der Waals surface area contributed by atoms with Crippen LogP contribution in [-0.2, 0) is 0 Å². The largest absolute Gasteiger partial charge is 0.344 e. The lowest BCUT2D eigenvalue weighted by molar-refractivity contribution is 0.772. The van der Waals surface area contributed by atoms with E-state index in [9.17, 15) is 0 Å². The molecule has 0 fully saturated rings. The summed E-state index contributed by atoms with van der Waals surface area (Å²) in [6, 6.07) is 0. The molecule has 3 heteroatoms. The van der Waals surface area contributed by atoms with Crippen molar-refractivity contribution in [1.29, 1.82) is 0 Å².